The summed E-state index contributed by atoms with van der Waals surface area (Å²) < 4.78 is 5.51. The van der Waals surface area contributed by atoms with Gasteiger partial charge in [0.05, 0.1) is 0 Å². The lowest BCUT2D eigenvalue weighted by Crippen LogP contribution is -2.61. The van der Waals surface area contributed by atoms with E-state index in [2.05, 4.69) is 20.9 Å². The van der Waals surface area contributed by atoms with Crippen LogP contribution in [0.2, 0.25) is 0 Å². The zero-order valence-corrected chi connectivity index (χ0v) is 26.8. The Balaban J connectivity index is 1.17. The number of hydrogen-bond donors (Lipinski definition) is 3. The van der Waals surface area contributed by atoms with E-state index in [-0.39, 0.29) is 17.7 Å². The van der Waals surface area contributed by atoms with Crippen molar-refractivity contribution in [2.75, 3.05) is 39.4 Å². The van der Waals surface area contributed by atoms with E-state index in [0.717, 1.165) is 94.0 Å². The van der Waals surface area contributed by atoms with Crippen LogP contribution in [0.4, 0.5) is 0 Å². The lowest BCUT2D eigenvalue weighted by Gasteiger charge is -2.35. The number of piperidine rings is 1. The highest BCUT2D eigenvalue weighted by Crippen LogP contribution is 2.30. The predicted molar refractivity (Wildman–Crippen MR) is 177 cm³/mol. The van der Waals surface area contributed by atoms with Crippen LogP contribution in [0.1, 0.15) is 68.1 Å². The molecule has 3 aliphatic rings. The number of nitrogens with zero attached hydrogens (tertiary/aromatic N) is 1. The second-order valence-electron chi connectivity index (χ2n) is 13.3. The molecule has 2 saturated heterocycles. The van der Waals surface area contributed by atoms with E-state index in [1.54, 1.807) is 6.08 Å². The summed E-state index contributed by atoms with van der Waals surface area (Å²) in [5.41, 5.74) is 2.02. The van der Waals surface area contributed by atoms with Crippen LogP contribution >= 0.6 is 0 Å². The molecule has 1 aliphatic carbocycles. The van der Waals surface area contributed by atoms with E-state index >= 15 is 0 Å². The van der Waals surface area contributed by atoms with Gasteiger partial charge in [-0.3, -0.25) is 14.4 Å². The quantitative estimate of drug-likeness (QED) is 0.308. The number of nitrogens with one attached hydrogen (secondary N) is 3. The van der Waals surface area contributed by atoms with Gasteiger partial charge < -0.3 is 25.6 Å². The fourth-order valence-electron chi connectivity index (χ4n) is 6.91. The summed E-state index contributed by atoms with van der Waals surface area (Å²) >= 11 is 0. The van der Waals surface area contributed by atoms with Crippen molar-refractivity contribution in [1.29, 1.82) is 0 Å². The standard InChI is InChI=1S/C37H50N4O4/c1-28-9-11-29(12-10-28)13-14-34(42)40-37(19-5-6-20-37)36(44)39-33(25-30-7-3-2-4-8-30)35(43)38-26-31-15-21-41(22-16-31)27-32-17-23-45-24-18-32/h2-4,7-14,31-33H,5-6,15-27H2,1H3,(H,38,43)(H,39,44)(H,40,42)/b14-13+/t33-/m1/s1. The van der Waals surface area contributed by atoms with Gasteiger partial charge >= 0.3 is 0 Å². The first-order valence-corrected chi connectivity index (χ1v) is 16.9. The predicted octanol–water partition coefficient (Wildman–Crippen LogP) is 4.42. The van der Waals surface area contributed by atoms with Crippen molar-refractivity contribution < 1.29 is 19.1 Å². The number of amides is 3. The van der Waals surface area contributed by atoms with E-state index in [1.807, 2.05) is 61.5 Å². The van der Waals surface area contributed by atoms with E-state index in [0.29, 0.717) is 31.7 Å². The van der Waals surface area contributed by atoms with Crippen LogP contribution in [0.3, 0.4) is 0 Å². The van der Waals surface area contributed by atoms with Crippen LogP contribution < -0.4 is 16.0 Å². The Labute approximate surface area is 268 Å². The molecule has 8 nitrogen and oxygen atoms in total. The van der Waals surface area contributed by atoms with Crippen molar-refractivity contribution in [2.24, 2.45) is 11.8 Å². The molecule has 0 unspecified atom stereocenters. The monoisotopic (exact) mass is 614 g/mol. The van der Waals surface area contributed by atoms with Gasteiger partial charge in [-0.1, -0.05) is 73.0 Å². The Bertz CT molecular complexity index is 1280. The van der Waals surface area contributed by atoms with Gasteiger partial charge in [0.15, 0.2) is 0 Å². The van der Waals surface area contributed by atoms with Crippen molar-refractivity contribution in [2.45, 2.75) is 76.3 Å². The minimum absolute atomic E-state index is 0.171. The molecule has 2 aromatic carbocycles. The minimum Gasteiger partial charge on any atom is -0.381 e. The molecule has 3 fully saturated rings. The third-order valence-electron chi connectivity index (χ3n) is 9.79. The SMILES string of the molecule is Cc1ccc(/C=C/C(=O)NC2(C(=O)N[C@H](Cc3ccccc3)C(=O)NCC3CCN(CC4CCOCC4)CC3)CCCC2)cc1. The molecule has 0 radical (unpaired) electrons. The maximum Gasteiger partial charge on any atom is 0.246 e. The van der Waals surface area contributed by atoms with Gasteiger partial charge in [-0.25, -0.2) is 0 Å². The minimum atomic E-state index is -1.03. The van der Waals surface area contributed by atoms with E-state index in [9.17, 15) is 14.4 Å². The number of benzene rings is 2. The summed E-state index contributed by atoms with van der Waals surface area (Å²) in [5, 5.41) is 9.26. The summed E-state index contributed by atoms with van der Waals surface area (Å²) in [5.74, 6) is 0.397. The first kappa shape index (κ1) is 32.9. The van der Waals surface area contributed by atoms with Crippen molar-refractivity contribution >= 4 is 23.8 Å². The number of aryl methyl sites for hydroxylation is 1. The molecular weight excluding hydrogens is 564 g/mol. The molecule has 2 heterocycles. The third-order valence-corrected chi connectivity index (χ3v) is 9.79. The average molecular weight is 615 g/mol. The summed E-state index contributed by atoms with van der Waals surface area (Å²) in [7, 11) is 0. The van der Waals surface area contributed by atoms with E-state index < -0.39 is 11.6 Å². The topological polar surface area (TPSA) is 99.8 Å². The maximum absolute atomic E-state index is 13.9. The molecule has 1 saturated carbocycles. The van der Waals surface area contributed by atoms with Gasteiger partial charge in [0.2, 0.25) is 17.7 Å². The fraction of sp³-hybridized carbons (Fsp3) is 0.541. The second-order valence-corrected chi connectivity index (χ2v) is 13.3. The number of hydrogen-bond acceptors (Lipinski definition) is 5. The van der Waals surface area contributed by atoms with Crippen LogP contribution in [0.15, 0.2) is 60.7 Å². The van der Waals surface area contributed by atoms with Crippen LogP contribution in [0.25, 0.3) is 6.08 Å². The zero-order valence-electron chi connectivity index (χ0n) is 26.8. The molecule has 1 atom stereocenters. The highest BCUT2D eigenvalue weighted by molar-refractivity contribution is 5.99. The van der Waals surface area contributed by atoms with Gasteiger partial charge in [-0.15, -0.1) is 0 Å². The Morgan fingerprint density at radius 2 is 1.62 bits per heavy atom. The number of carbonyl (C=O) groups is 3. The van der Waals surface area contributed by atoms with Gasteiger partial charge in [0, 0.05) is 38.8 Å². The highest BCUT2D eigenvalue weighted by atomic mass is 16.5. The molecule has 2 aliphatic heterocycles. The van der Waals surface area contributed by atoms with Gasteiger partial charge in [-0.2, -0.15) is 0 Å². The second kappa shape index (κ2) is 16.2. The first-order chi connectivity index (χ1) is 21.9. The summed E-state index contributed by atoms with van der Waals surface area (Å²) in [6, 6.07) is 17.0. The Kier molecular flexibility index (Phi) is 11.8. The summed E-state index contributed by atoms with van der Waals surface area (Å²) in [6.07, 6.45) is 10.9. The first-order valence-electron chi connectivity index (χ1n) is 16.9. The third kappa shape index (κ3) is 9.75. The molecule has 5 rings (SSSR count). The molecule has 0 aromatic heterocycles. The largest absolute Gasteiger partial charge is 0.381 e. The van der Waals surface area contributed by atoms with Gasteiger partial charge in [0.25, 0.3) is 0 Å². The zero-order chi connectivity index (χ0) is 31.5. The molecular formula is C37H50N4O4. The summed E-state index contributed by atoms with van der Waals surface area (Å²) in [6.45, 7) is 7.65. The lowest BCUT2D eigenvalue weighted by molar-refractivity contribution is -0.135. The van der Waals surface area contributed by atoms with Gasteiger partial charge in [0.1, 0.15) is 11.6 Å². The number of rotatable bonds is 12. The van der Waals surface area contributed by atoms with Gasteiger partial charge in [-0.05, 0) is 87.6 Å². The molecule has 8 heteroatoms. The smallest absolute Gasteiger partial charge is 0.246 e. The highest BCUT2D eigenvalue weighted by Gasteiger charge is 2.43. The Morgan fingerprint density at radius 1 is 0.933 bits per heavy atom. The number of ether oxygens (including phenoxy) is 1. The van der Waals surface area contributed by atoms with E-state index in [4.69, 9.17) is 4.74 Å². The maximum atomic E-state index is 13.9. The number of carbonyl (C=O) groups excluding carboxylic acids is 3. The molecule has 0 bridgehead atoms. The molecule has 0 spiro atoms. The van der Waals surface area contributed by atoms with Crippen LogP contribution in [0.5, 0.6) is 0 Å². The lowest BCUT2D eigenvalue weighted by atomic mass is 9.93. The molecule has 3 N–H and O–H groups in total. The molecule has 3 amide bonds. The molecule has 242 valence electrons. The molecule has 2 aromatic rings. The van der Waals surface area contributed by atoms with Crippen molar-refractivity contribution in [3.05, 3.63) is 77.4 Å². The summed E-state index contributed by atoms with van der Waals surface area (Å²) in [4.78, 5) is 43.1. The van der Waals surface area contributed by atoms with Crippen LogP contribution in [0, 0.1) is 18.8 Å². The van der Waals surface area contributed by atoms with Crippen LogP contribution in [-0.4, -0.2) is 73.6 Å². The average Bonchev–Trinajstić information content (AvgIpc) is 3.54. The molecule has 45 heavy (non-hydrogen) atoms. The van der Waals surface area contributed by atoms with Crippen molar-refractivity contribution in [3.63, 3.8) is 0 Å². The Morgan fingerprint density at radius 3 is 2.31 bits per heavy atom. The van der Waals surface area contributed by atoms with Crippen LogP contribution in [-0.2, 0) is 25.5 Å². The Hall–Kier alpha value is -3.49. The fourth-order valence-corrected chi connectivity index (χ4v) is 6.91. The van der Waals surface area contributed by atoms with Crippen molar-refractivity contribution in [3.8, 4) is 0 Å². The number of likely N-dealkylation sites (tertiary alicyclic amines) is 1. The van der Waals surface area contributed by atoms with Crippen molar-refractivity contribution in [1.82, 2.24) is 20.9 Å². The van der Waals surface area contributed by atoms with E-state index in [1.165, 1.54) is 6.08 Å². The normalized spacial score (nSPS) is 20.1.